The molecule has 0 spiro atoms. The van der Waals surface area contributed by atoms with Crippen LogP contribution in [-0.2, 0) is 14.3 Å². The fourth-order valence-corrected chi connectivity index (χ4v) is 2.86. The van der Waals surface area contributed by atoms with Crippen molar-refractivity contribution in [2.24, 2.45) is 17.3 Å². The molecular formula is C14H20O4. The first-order valence-corrected chi connectivity index (χ1v) is 6.58. The van der Waals surface area contributed by atoms with Gasteiger partial charge in [-0.25, -0.2) is 4.79 Å². The van der Waals surface area contributed by atoms with Crippen molar-refractivity contribution < 1.29 is 19.4 Å². The molecule has 0 bridgehead atoms. The molecule has 2 aliphatic rings. The van der Waals surface area contributed by atoms with Gasteiger partial charge in [-0.15, -0.1) is 0 Å². The number of rotatable bonds is 4. The van der Waals surface area contributed by atoms with Gasteiger partial charge in [0, 0.05) is 6.08 Å². The summed E-state index contributed by atoms with van der Waals surface area (Å²) in [4.78, 5) is 22.6. The van der Waals surface area contributed by atoms with Crippen LogP contribution < -0.4 is 0 Å². The van der Waals surface area contributed by atoms with Gasteiger partial charge < -0.3 is 9.84 Å². The zero-order valence-corrected chi connectivity index (χ0v) is 10.9. The van der Waals surface area contributed by atoms with Crippen molar-refractivity contribution in [3.8, 4) is 0 Å². The number of carbonyl (C=O) groups is 2. The monoisotopic (exact) mass is 252 g/mol. The number of carboxylic acid groups (broad SMARTS) is 1. The number of carboxylic acids is 1. The number of hydrogen-bond acceptors (Lipinski definition) is 3. The Balaban J connectivity index is 1.84. The molecular weight excluding hydrogens is 232 g/mol. The maximum absolute atomic E-state index is 11.6. The molecule has 2 rings (SSSR count). The predicted octanol–water partition coefficient (Wildman–Crippen LogP) is 2.39. The van der Waals surface area contributed by atoms with Gasteiger partial charge in [0.25, 0.3) is 0 Å². The van der Waals surface area contributed by atoms with Crippen LogP contribution in [0.5, 0.6) is 0 Å². The normalized spacial score (nSPS) is 35.9. The summed E-state index contributed by atoms with van der Waals surface area (Å²) in [5, 5.41) is 9.10. The van der Waals surface area contributed by atoms with E-state index in [0.717, 1.165) is 25.7 Å². The first-order valence-electron chi connectivity index (χ1n) is 6.58. The van der Waals surface area contributed by atoms with Gasteiger partial charge in [-0.2, -0.15) is 0 Å². The van der Waals surface area contributed by atoms with Crippen LogP contribution in [0, 0.1) is 17.3 Å². The van der Waals surface area contributed by atoms with Crippen molar-refractivity contribution in [3.05, 3.63) is 12.2 Å². The van der Waals surface area contributed by atoms with Crippen molar-refractivity contribution in [1.29, 1.82) is 0 Å². The smallest absolute Gasteiger partial charge is 0.330 e. The van der Waals surface area contributed by atoms with E-state index in [2.05, 4.69) is 0 Å². The first kappa shape index (κ1) is 13.1. The second-order valence-electron chi connectivity index (χ2n) is 5.60. The molecule has 100 valence electrons. The van der Waals surface area contributed by atoms with E-state index < -0.39 is 11.4 Å². The lowest BCUT2D eigenvalue weighted by atomic mass is 10.1. The molecule has 3 unspecified atom stereocenters. The standard InChI is InChI=1S/C14H20O4/c1-9-11(14(9,2)13(16)17)7-8-12(15)18-10-5-3-4-6-10/h7-11H,3-6H2,1-2H3,(H,16,17). The van der Waals surface area contributed by atoms with E-state index in [1.807, 2.05) is 6.92 Å². The van der Waals surface area contributed by atoms with Gasteiger partial charge >= 0.3 is 11.9 Å². The second-order valence-corrected chi connectivity index (χ2v) is 5.60. The maximum atomic E-state index is 11.6. The minimum Gasteiger partial charge on any atom is -0.481 e. The SMILES string of the molecule is CC1C(C=CC(=O)OC2CCCC2)C1(C)C(=O)O. The number of ether oxygens (including phenoxy) is 1. The van der Waals surface area contributed by atoms with E-state index in [1.165, 1.54) is 6.08 Å². The summed E-state index contributed by atoms with van der Waals surface area (Å²) >= 11 is 0. The van der Waals surface area contributed by atoms with Gasteiger partial charge in [-0.1, -0.05) is 13.0 Å². The highest BCUT2D eigenvalue weighted by atomic mass is 16.5. The Bertz CT molecular complexity index is 381. The van der Waals surface area contributed by atoms with Crippen LogP contribution >= 0.6 is 0 Å². The van der Waals surface area contributed by atoms with Crippen LogP contribution in [0.2, 0.25) is 0 Å². The van der Waals surface area contributed by atoms with E-state index in [-0.39, 0.29) is 23.9 Å². The van der Waals surface area contributed by atoms with Gasteiger partial charge in [-0.3, -0.25) is 4.79 Å². The van der Waals surface area contributed by atoms with Gasteiger partial charge in [0.2, 0.25) is 0 Å². The van der Waals surface area contributed by atoms with Crippen molar-refractivity contribution in [2.75, 3.05) is 0 Å². The molecule has 0 aromatic heterocycles. The molecule has 2 fully saturated rings. The maximum Gasteiger partial charge on any atom is 0.330 e. The van der Waals surface area contributed by atoms with Crippen molar-refractivity contribution in [3.63, 3.8) is 0 Å². The number of carbonyl (C=O) groups excluding carboxylic acids is 1. The minimum atomic E-state index is -0.797. The van der Waals surface area contributed by atoms with Gasteiger partial charge in [0.15, 0.2) is 0 Å². The average molecular weight is 252 g/mol. The Kier molecular flexibility index (Phi) is 3.46. The summed E-state index contributed by atoms with van der Waals surface area (Å²) in [6.45, 7) is 3.61. The Hall–Kier alpha value is -1.32. The third-order valence-electron chi connectivity index (χ3n) is 4.55. The minimum absolute atomic E-state index is 0.0598. The summed E-state index contributed by atoms with van der Waals surface area (Å²) in [6, 6.07) is 0. The second kappa shape index (κ2) is 4.75. The molecule has 2 aliphatic carbocycles. The average Bonchev–Trinajstić information content (AvgIpc) is 2.70. The fraction of sp³-hybridized carbons (Fsp3) is 0.714. The Morgan fingerprint density at radius 3 is 2.44 bits per heavy atom. The van der Waals surface area contributed by atoms with Crippen LogP contribution in [0.4, 0.5) is 0 Å². The molecule has 0 aromatic carbocycles. The van der Waals surface area contributed by atoms with Crippen molar-refractivity contribution >= 4 is 11.9 Å². The lowest BCUT2D eigenvalue weighted by Gasteiger charge is -2.08. The highest BCUT2D eigenvalue weighted by molar-refractivity contribution is 5.84. The number of hydrogen-bond donors (Lipinski definition) is 1. The molecule has 0 saturated heterocycles. The summed E-state index contributed by atoms with van der Waals surface area (Å²) in [7, 11) is 0. The lowest BCUT2D eigenvalue weighted by molar-refractivity contribution is -0.144. The zero-order chi connectivity index (χ0) is 13.3. The fourth-order valence-electron chi connectivity index (χ4n) is 2.86. The topological polar surface area (TPSA) is 63.6 Å². The lowest BCUT2D eigenvalue weighted by Crippen LogP contribution is -2.14. The molecule has 3 atom stereocenters. The highest BCUT2D eigenvalue weighted by Crippen LogP contribution is 2.59. The van der Waals surface area contributed by atoms with Crippen LogP contribution in [-0.4, -0.2) is 23.1 Å². The molecule has 1 N–H and O–H groups in total. The number of esters is 1. The molecule has 0 aliphatic heterocycles. The molecule has 4 heteroatoms. The Morgan fingerprint density at radius 2 is 1.94 bits per heavy atom. The number of allylic oxidation sites excluding steroid dienone is 1. The molecule has 2 saturated carbocycles. The third-order valence-corrected chi connectivity index (χ3v) is 4.55. The number of aliphatic carboxylic acids is 1. The van der Waals surface area contributed by atoms with Crippen LogP contribution in [0.25, 0.3) is 0 Å². The summed E-state index contributed by atoms with van der Waals surface area (Å²) in [6.07, 6.45) is 7.30. The summed E-state index contributed by atoms with van der Waals surface area (Å²) < 4.78 is 5.28. The van der Waals surface area contributed by atoms with Crippen LogP contribution in [0.3, 0.4) is 0 Å². The van der Waals surface area contributed by atoms with E-state index in [4.69, 9.17) is 9.84 Å². The van der Waals surface area contributed by atoms with E-state index in [1.54, 1.807) is 13.0 Å². The Morgan fingerprint density at radius 1 is 1.33 bits per heavy atom. The molecule has 0 heterocycles. The van der Waals surface area contributed by atoms with E-state index in [9.17, 15) is 9.59 Å². The highest BCUT2D eigenvalue weighted by Gasteiger charge is 2.62. The van der Waals surface area contributed by atoms with Crippen LogP contribution in [0.15, 0.2) is 12.2 Å². The predicted molar refractivity (Wildman–Crippen MR) is 65.9 cm³/mol. The zero-order valence-electron chi connectivity index (χ0n) is 10.9. The molecule has 4 nitrogen and oxygen atoms in total. The quantitative estimate of drug-likeness (QED) is 0.616. The molecule has 0 radical (unpaired) electrons. The van der Waals surface area contributed by atoms with Crippen molar-refractivity contribution in [2.45, 2.75) is 45.6 Å². The van der Waals surface area contributed by atoms with E-state index >= 15 is 0 Å². The summed E-state index contributed by atoms with van der Waals surface area (Å²) in [5.74, 6) is -1.13. The van der Waals surface area contributed by atoms with Gasteiger partial charge in [0.1, 0.15) is 6.10 Å². The molecule has 18 heavy (non-hydrogen) atoms. The van der Waals surface area contributed by atoms with Gasteiger partial charge in [0.05, 0.1) is 5.41 Å². The molecule has 0 aromatic rings. The summed E-state index contributed by atoms with van der Waals surface area (Å²) in [5.41, 5.74) is -0.718. The first-order chi connectivity index (χ1) is 8.46. The molecule has 0 amide bonds. The third kappa shape index (κ3) is 2.28. The Labute approximate surface area is 107 Å². The van der Waals surface area contributed by atoms with Gasteiger partial charge in [-0.05, 0) is 44.4 Å². The largest absolute Gasteiger partial charge is 0.481 e. The van der Waals surface area contributed by atoms with E-state index in [0.29, 0.717) is 0 Å². The van der Waals surface area contributed by atoms with Crippen LogP contribution in [0.1, 0.15) is 39.5 Å². The van der Waals surface area contributed by atoms with Crippen molar-refractivity contribution in [1.82, 2.24) is 0 Å².